The zero-order valence-corrected chi connectivity index (χ0v) is 11.3. The minimum atomic E-state index is -0.596. The lowest BCUT2D eigenvalue weighted by molar-refractivity contribution is 0.164. The molecule has 0 amide bonds. The predicted octanol–water partition coefficient (Wildman–Crippen LogP) is 2.87. The molecule has 17 heavy (non-hydrogen) atoms. The summed E-state index contributed by atoms with van der Waals surface area (Å²) >= 11 is 3.37. The van der Waals surface area contributed by atoms with Crippen molar-refractivity contribution in [3.63, 3.8) is 0 Å². The second-order valence-electron chi connectivity index (χ2n) is 4.16. The van der Waals surface area contributed by atoms with Crippen molar-refractivity contribution in [2.75, 3.05) is 26.5 Å². The van der Waals surface area contributed by atoms with Gasteiger partial charge in [0.1, 0.15) is 6.67 Å². The van der Waals surface area contributed by atoms with Gasteiger partial charge in [-0.05, 0) is 35.3 Å². The SMILES string of the molecule is CCOc1ncc(Br)cc1C1(CF)CCOC1. The van der Waals surface area contributed by atoms with Crippen molar-refractivity contribution in [1.29, 1.82) is 0 Å². The third-order valence-corrected chi connectivity index (χ3v) is 3.46. The molecule has 1 fully saturated rings. The Labute approximate surface area is 108 Å². The monoisotopic (exact) mass is 303 g/mol. The maximum atomic E-state index is 13.4. The molecule has 0 N–H and O–H groups in total. The molecule has 1 aliphatic rings. The summed E-state index contributed by atoms with van der Waals surface area (Å²) in [6, 6.07) is 1.88. The Hall–Kier alpha value is -0.680. The van der Waals surface area contributed by atoms with Crippen molar-refractivity contribution in [1.82, 2.24) is 4.98 Å². The van der Waals surface area contributed by atoms with Crippen molar-refractivity contribution in [2.24, 2.45) is 0 Å². The van der Waals surface area contributed by atoms with Gasteiger partial charge in [-0.25, -0.2) is 4.98 Å². The maximum Gasteiger partial charge on any atom is 0.217 e. The summed E-state index contributed by atoms with van der Waals surface area (Å²) in [7, 11) is 0. The highest BCUT2D eigenvalue weighted by molar-refractivity contribution is 9.10. The third-order valence-electron chi connectivity index (χ3n) is 3.03. The first-order chi connectivity index (χ1) is 8.22. The number of pyridine rings is 1. The standard InChI is InChI=1S/C12H15BrFNO2/c1-2-17-11-10(5-9(13)6-15-11)12(7-14)3-4-16-8-12/h5-6H,2-4,7-8H2,1H3. The number of ether oxygens (including phenoxy) is 2. The predicted molar refractivity (Wildman–Crippen MR) is 66.2 cm³/mol. The van der Waals surface area contributed by atoms with Crippen molar-refractivity contribution in [2.45, 2.75) is 18.8 Å². The van der Waals surface area contributed by atoms with E-state index in [4.69, 9.17) is 9.47 Å². The number of hydrogen-bond donors (Lipinski definition) is 0. The van der Waals surface area contributed by atoms with E-state index in [1.165, 1.54) is 0 Å². The smallest absolute Gasteiger partial charge is 0.217 e. The van der Waals surface area contributed by atoms with Crippen LogP contribution < -0.4 is 4.74 Å². The van der Waals surface area contributed by atoms with Crippen LogP contribution in [0.1, 0.15) is 18.9 Å². The second kappa shape index (κ2) is 5.31. The first kappa shape index (κ1) is 12.8. The van der Waals surface area contributed by atoms with Crippen molar-refractivity contribution in [3.05, 3.63) is 22.3 Å². The van der Waals surface area contributed by atoms with Crippen LogP contribution in [0.5, 0.6) is 5.88 Å². The fourth-order valence-electron chi connectivity index (χ4n) is 2.06. The van der Waals surface area contributed by atoms with Crippen LogP contribution in [0, 0.1) is 0 Å². The average molecular weight is 304 g/mol. The summed E-state index contributed by atoms with van der Waals surface area (Å²) in [6.07, 6.45) is 2.33. The van der Waals surface area contributed by atoms with E-state index in [1.807, 2.05) is 13.0 Å². The summed E-state index contributed by atoms with van der Waals surface area (Å²) in [5, 5.41) is 0. The van der Waals surface area contributed by atoms with Crippen LogP contribution in [0.4, 0.5) is 4.39 Å². The van der Waals surface area contributed by atoms with Gasteiger partial charge in [0, 0.05) is 22.8 Å². The molecule has 1 aromatic heterocycles. The Morgan fingerprint density at radius 2 is 2.47 bits per heavy atom. The number of hydrogen-bond acceptors (Lipinski definition) is 3. The second-order valence-corrected chi connectivity index (χ2v) is 5.07. The van der Waals surface area contributed by atoms with Gasteiger partial charge in [0.25, 0.3) is 0 Å². The molecule has 1 saturated heterocycles. The molecule has 1 unspecified atom stereocenters. The molecule has 0 radical (unpaired) electrons. The number of rotatable bonds is 4. The summed E-state index contributed by atoms with van der Waals surface area (Å²) < 4.78 is 25.1. The van der Waals surface area contributed by atoms with Gasteiger partial charge in [0.2, 0.25) is 5.88 Å². The molecule has 1 atom stereocenters. The van der Waals surface area contributed by atoms with E-state index < -0.39 is 12.1 Å². The van der Waals surface area contributed by atoms with E-state index in [1.54, 1.807) is 6.20 Å². The van der Waals surface area contributed by atoms with E-state index in [2.05, 4.69) is 20.9 Å². The highest BCUT2D eigenvalue weighted by Crippen LogP contribution is 2.39. The average Bonchev–Trinajstić information content (AvgIpc) is 2.81. The van der Waals surface area contributed by atoms with Gasteiger partial charge in [-0.2, -0.15) is 0 Å². The topological polar surface area (TPSA) is 31.4 Å². The van der Waals surface area contributed by atoms with Gasteiger partial charge in [0.15, 0.2) is 0 Å². The Morgan fingerprint density at radius 1 is 1.65 bits per heavy atom. The molecule has 3 nitrogen and oxygen atoms in total. The largest absolute Gasteiger partial charge is 0.478 e. The fraction of sp³-hybridized carbons (Fsp3) is 0.583. The molecule has 2 heterocycles. The lowest BCUT2D eigenvalue weighted by atomic mass is 9.81. The van der Waals surface area contributed by atoms with Gasteiger partial charge in [-0.1, -0.05) is 0 Å². The molecule has 5 heteroatoms. The Morgan fingerprint density at radius 3 is 3.06 bits per heavy atom. The van der Waals surface area contributed by atoms with Crippen molar-refractivity contribution < 1.29 is 13.9 Å². The summed E-state index contributed by atoms with van der Waals surface area (Å²) in [4.78, 5) is 4.21. The first-order valence-corrected chi connectivity index (χ1v) is 6.43. The van der Waals surface area contributed by atoms with Crippen LogP contribution in [-0.4, -0.2) is 31.5 Å². The van der Waals surface area contributed by atoms with Crippen LogP contribution in [0.25, 0.3) is 0 Å². The van der Waals surface area contributed by atoms with Crippen LogP contribution >= 0.6 is 15.9 Å². The van der Waals surface area contributed by atoms with E-state index >= 15 is 0 Å². The van der Waals surface area contributed by atoms with E-state index in [9.17, 15) is 4.39 Å². The Balaban J connectivity index is 2.43. The highest BCUT2D eigenvalue weighted by Gasteiger charge is 2.40. The molecule has 0 bridgehead atoms. The van der Waals surface area contributed by atoms with E-state index in [0.29, 0.717) is 32.1 Å². The van der Waals surface area contributed by atoms with Crippen molar-refractivity contribution in [3.8, 4) is 5.88 Å². The minimum Gasteiger partial charge on any atom is -0.478 e. The number of alkyl halides is 1. The molecule has 0 aromatic carbocycles. The zero-order valence-electron chi connectivity index (χ0n) is 9.71. The van der Waals surface area contributed by atoms with Gasteiger partial charge < -0.3 is 9.47 Å². The molecule has 94 valence electrons. The summed E-state index contributed by atoms with van der Waals surface area (Å²) in [5.74, 6) is 0.513. The lowest BCUT2D eigenvalue weighted by Gasteiger charge is -2.25. The molecule has 1 aliphatic heterocycles. The molecule has 0 spiro atoms. The van der Waals surface area contributed by atoms with Gasteiger partial charge >= 0.3 is 0 Å². The van der Waals surface area contributed by atoms with Crippen LogP contribution in [0.2, 0.25) is 0 Å². The van der Waals surface area contributed by atoms with Crippen molar-refractivity contribution >= 4 is 15.9 Å². The third kappa shape index (κ3) is 2.45. The quantitative estimate of drug-likeness (QED) is 0.857. The van der Waals surface area contributed by atoms with Gasteiger partial charge in [-0.15, -0.1) is 0 Å². The summed E-state index contributed by atoms with van der Waals surface area (Å²) in [5.41, 5.74) is 0.204. The van der Waals surface area contributed by atoms with Gasteiger partial charge in [0.05, 0.1) is 18.6 Å². The van der Waals surface area contributed by atoms with Crippen LogP contribution in [0.3, 0.4) is 0 Å². The van der Waals surface area contributed by atoms with E-state index in [0.717, 1.165) is 10.0 Å². The minimum absolute atomic E-state index is 0.391. The summed E-state index contributed by atoms with van der Waals surface area (Å²) in [6.45, 7) is 2.93. The van der Waals surface area contributed by atoms with Gasteiger partial charge in [-0.3, -0.25) is 4.39 Å². The Kier molecular flexibility index (Phi) is 3.99. The lowest BCUT2D eigenvalue weighted by Crippen LogP contribution is -2.30. The molecule has 0 aliphatic carbocycles. The Bertz CT molecular complexity index is 394. The molecule has 0 saturated carbocycles. The normalized spacial score (nSPS) is 23.9. The fourth-order valence-corrected chi connectivity index (χ4v) is 2.39. The molecule has 2 rings (SSSR count). The number of halogens is 2. The van der Waals surface area contributed by atoms with Crippen LogP contribution in [0.15, 0.2) is 16.7 Å². The molecule has 1 aromatic rings. The molecular weight excluding hydrogens is 289 g/mol. The number of aromatic nitrogens is 1. The van der Waals surface area contributed by atoms with Crippen LogP contribution in [-0.2, 0) is 10.2 Å². The maximum absolute atomic E-state index is 13.4. The highest BCUT2D eigenvalue weighted by atomic mass is 79.9. The molecular formula is C12H15BrFNO2. The number of nitrogens with zero attached hydrogens (tertiary/aromatic N) is 1. The first-order valence-electron chi connectivity index (χ1n) is 5.64. The zero-order chi connectivity index (χ0) is 12.3. The van der Waals surface area contributed by atoms with E-state index in [-0.39, 0.29) is 0 Å².